The summed E-state index contributed by atoms with van der Waals surface area (Å²) in [5.74, 6) is 0.827. The van der Waals surface area contributed by atoms with E-state index < -0.39 is 5.54 Å². The number of aryl methyl sites for hydroxylation is 1. The van der Waals surface area contributed by atoms with Crippen LogP contribution in [0, 0.1) is 10.7 Å². The van der Waals surface area contributed by atoms with Crippen molar-refractivity contribution < 1.29 is 9.53 Å². The van der Waals surface area contributed by atoms with Gasteiger partial charge in [-0.3, -0.25) is 9.59 Å². The molecule has 3 aromatic rings. The van der Waals surface area contributed by atoms with Crippen LogP contribution in [0.2, 0.25) is 0 Å². The van der Waals surface area contributed by atoms with Crippen molar-refractivity contribution in [1.29, 1.82) is 0 Å². The van der Waals surface area contributed by atoms with Crippen molar-refractivity contribution in [3.05, 3.63) is 49.0 Å². The fourth-order valence-electron chi connectivity index (χ4n) is 3.73. The van der Waals surface area contributed by atoms with Gasteiger partial charge >= 0.3 is 0 Å². The predicted molar refractivity (Wildman–Crippen MR) is 130 cm³/mol. The summed E-state index contributed by atoms with van der Waals surface area (Å²) in [6.07, 6.45) is 0. The van der Waals surface area contributed by atoms with E-state index in [9.17, 15) is 9.59 Å². The Morgan fingerprint density at radius 2 is 2.10 bits per heavy atom. The summed E-state index contributed by atoms with van der Waals surface area (Å²) in [4.78, 5) is 35.1. The highest BCUT2D eigenvalue weighted by Gasteiger charge is 2.43. The molecule has 0 saturated carbocycles. The lowest BCUT2D eigenvalue weighted by Gasteiger charge is -2.43. The first-order valence-electron chi connectivity index (χ1n) is 9.67. The minimum atomic E-state index is -0.557. The fourth-order valence-corrected chi connectivity index (χ4v) is 7.78. The number of rotatable bonds is 5. The van der Waals surface area contributed by atoms with Crippen LogP contribution in [0.25, 0.3) is 11.1 Å². The number of fused-ring (bicyclic) bond motifs is 3. The first kappa shape index (κ1) is 22.2. The number of anilines is 1. The van der Waals surface area contributed by atoms with Gasteiger partial charge in [0.1, 0.15) is 9.57 Å². The third-order valence-electron chi connectivity index (χ3n) is 4.97. The highest BCUT2D eigenvalue weighted by atomic mass is 32.9. The first-order chi connectivity index (χ1) is 14.7. The number of benzene rings is 1. The molecule has 1 aliphatic rings. The van der Waals surface area contributed by atoms with Crippen molar-refractivity contribution in [2.45, 2.75) is 38.4 Å². The summed E-state index contributed by atoms with van der Waals surface area (Å²) in [7, 11) is 3.17. The Morgan fingerprint density at radius 3 is 2.81 bits per heavy atom. The van der Waals surface area contributed by atoms with Gasteiger partial charge in [-0.15, -0.1) is 0 Å². The number of amides is 1. The molecule has 1 N–H and O–H groups in total. The van der Waals surface area contributed by atoms with E-state index in [1.54, 1.807) is 27.6 Å². The van der Waals surface area contributed by atoms with Gasteiger partial charge in [0.25, 0.3) is 5.56 Å². The number of ether oxygens (including phenoxy) is 1. The molecule has 0 saturated heterocycles. The van der Waals surface area contributed by atoms with Crippen LogP contribution in [0.15, 0.2) is 34.2 Å². The fraction of sp³-hybridized carbons (Fsp3) is 0.333. The zero-order valence-electron chi connectivity index (χ0n) is 17.5. The Balaban J connectivity index is 1.74. The highest BCUT2D eigenvalue weighted by molar-refractivity contribution is 7.99. The second kappa shape index (κ2) is 8.50. The summed E-state index contributed by atoms with van der Waals surface area (Å²) in [5.41, 5.74) is 2.59. The lowest BCUT2D eigenvalue weighted by Crippen LogP contribution is -2.48. The van der Waals surface area contributed by atoms with Crippen LogP contribution in [0.1, 0.15) is 31.3 Å². The number of carbonyl (C=O) groups is 1. The van der Waals surface area contributed by atoms with Gasteiger partial charge in [-0.05, 0) is 45.9 Å². The zero-order chi connectivity index (χ0) is 22.3. The lowest BCUT2D eigenvalue weighted by atomic mass is 9.87. The Morgan fingerprint density at radius 1 is 1.32 bits per heavy atom. The Kier molecular flexibility index (Phi) is 6.08. The number of aromatic amines is 1. The number of H-pyrrole nitrogens is 1. The molecule has 0 bridgehead atoms. The average Bonchev–Trinajstić information content (AvgIpc) is 3.09. The van der Waals surface area contributed by atoms with Crippen LogP contribution >= 0.6 is 44.7 Å². The van der Waals surface area contributed by atoms with Gasteiger partial charge in [0, 0.05) is 22.9 Å². The predicted octanol–water partition coefficient (Wildman–Crippen LogP) is 5.37. The molecule has 0 aliphatic carbocycles. The maximum Gasteiger partial charge on any atom is 0.251 e. The molecular formula is C21H21N3O3S4. The van der Waals surface area contributed by atoms with Crippen LogP contribution in [0.4, 0.5) is 5.69 Å². The van der Waals surface area contributed by atoms with Gasteiger partial charge in [0.05, 0.1) is 28.5 Å². The first-order valence-corrected chi connectivity index (χ1v) is 13.2. The molecule has 0 atom stereocenters. The van der Waals surface area contributed by atoms with E-state index in [1.807, 2.05) is 43.9 Å². The lowest BCUT2D eigenvalue weighted by molar-refractivity contribution is -0.117. The average molecular weight is 492 g/mol. The van der Waals surface area contributed by atoms with E-state index in [2.05, 4.69) is 9.97 Å². The van der Waals surface area contributed by atoms with Crippen molar-refractivity contribution in [2.24, 2.45) is 0 Å². The van der Waals surface area contributed by atoms with Crippen molar-refractivity contribution in [3.8, 4) is 16.9 Å². The third-order valence-corrected chi connectivity index (χ3v) is 9.15. The quantitative estimate of drug-likeness (QED) is 0.224. The molecule has 1 amide bonds. The van der Waals surface area contributed by atoms with Crippen LogP contribution in [-0.2, 0) is 10.3 Å². The molecule has 3 heterocycles. The summed E-state index contributed by atoms with van der Waals surface area (Å²) in [6, 6.07) is 7.21. The van der Waals surface area contributed by atoms with E-state index in [-0.39, 0.29) is 17.2 Å². The maximum absolute atomic E-state index is 13.5. The second-order valence-corrected chi connectivity index (χ2v) is 11.3. The van der Waals surface area contributed by atoms with Crippen LogP contribution in [0.5, 0.6) is 5.75 Å². The SMILES string of the molecule is CCOc1ccc2c(c1)-c1c(ssc1=S)C(C)(C)N2C(=O)CSc1nc(C)cc(=O)[nH]1. The highest BCUT2D eigenvalue weighted by Crippen LogP contribution is 2.53. The molecule has 1 aromatic carbocycles. The topological polar surface area (TPSA) is 75.3 Å². The Hall–Kier alpha value is -2.01. The molecule has 0 spiro atoms. The molecular weight excluding hydrogens is 471 g/mol. The molecule has 6 nitrogen and oxygen atoms in total. The van der Waals surface area contributed by atoms with E-state index >= 15 is 0 Å². The molecule has 162 valence electrons. The van der Waals surface area contributed by atoms with E-state index in [1.165, 1.54) is 17.8 Å². The normalized spacial score (nSPS) is 14.1. The van der Waals surface area contributed by atoms with E-state index in [0.29, 0.717) is 17.5 Å². The van der Waals surface area contributed by atoms with Gasteiger partial charge in [0.2, 0.25) is 5.91 Å². The molecule has 0 fully saturated rings. The number of hydrogen-bond acceptors (Lipinski definition) is 8. The van der Waals surface area contributed by atoms with Gasteiger partial charge in [-0.25, -0.2) is 4.98 Å². The second-order valence-electron chi connectivity index (χ2n) is 7.54. The monoisotopic (exact) mass is 491 g/mol. The minimum absolute atomic E-state index is 0.0699. The minimum Gasteiger partial charge on any atom is -0.494 e. The van der Waals surface area contributed by atoms with Crippen molar-refractivity contribution in [1.82, 2.24) is 9.97 Å². The molecule has 1 aliphatic heterocycles. The van der Waals surface area contributed by atoms with Gasteiger partial charge in [0.15, 0.2) is 5.16 Å². The van der Waals surface area contributed by atoms with Gasteiger partial charge < -0.3 is 14.6 Å². The molecule has 31 heavy (non-hydrogen) atoms. The van der Waals surface area contributed by atoms with Crippen molar-refractivity contribution in [3.63, 3.8) is 0 Å². The molecule has 0 unspecified atom stereocenters. The zero-order valence-corrected chi connectivity index (χ0v) is 20.7. The molecule has 4 rings (SSSR count). The van der Waals surface area contributed by atoms with Gasteiger partial charge in [-0.1, -0.05) is 44.7 Å². The molecule has 2 aromatic heterocycles. The Labute approximate surface area is 196 Å². The van der Waals surface area contributed by atoms with E-state index in [0.717, 1.165) is 31.3 Å². The van der Waals surface area contributed by atoms with Crippen molar-refractivity contribution >= 4 is 56.3 Å². The largest absolute Gasteiger partial charge is 0.494 e. The Bertz CT molecular complexity index is 1280. The number of carbonyl (C=O) groups excluding carboxylic acids is 1. The number of thioether (sulfide) groups is 1. The summed E-state index contributed by atoms with van der Waals surface area (Å²) >= 11 is 6.87. The molecule has 0 radical (unpaired) electrons. The van der Waals surface area contributed by atoms with Crippen LogP contribution in [-0.4, -0.2) is 28.2 Å². The third kappa shape index (κ3) is 4.09. The van der Waals surface area contributed by atoms with E-state index in [4.69, 9.17) is 17.0 Å². The number of hydrogen-bond donors (Lipinski definition) is 1. The summed E-state index contributed by atoms with van der Waals surface area (Å²) in [6.45, 7) is 8.34. The maximum atomic E-state index is 13.5. The smallest absolute Gasteiger partial charge is 0.251 e. The van der Waals surface area contributed by atoms with Crippen LogP contribution < -0.4 is 15.2 Å². The standard InChI is InChI=1S/C21H21N3O3S4/c1-5-27-12-6-7-14-13(9-12)17-18(30-31-19(17)28)21(3,4)24(14)16(26)10-29-20-22-11(2)8-15(25)23-20/h6-9H,5,10H2,1-4H3,(H,22,23,25). The number of nitrogens with zero attached hydrogens (tertiary/aromatic N) is 2. The summed E-state index contributed by atoms with van der Waals surface area (Å²) in [5, 5.41) is 0.437. The van der Waals surface area contributed by atoms with Crippen molar-refractivity contribution in [2.75, 3.05) is 17.3 Å². The molecule has 10 heteroatoms. The number of aromatic nitrogens is 2. The van der Waals surface area contributed by atoms with Crippen LogP contribution in [0.3, 0.4) is 0 Å². The summed E-state index contributed by atoms with van der Waals surface area (Å²) < 4.78 is 6.53. The van der Waals surface area contributed by atoms with Gasteiger partial charge in [-0.2, -0.15) is 0 Å². The number of nitrogens with one attached hydrogen (secondary N) is 1.